The van der Waals surface area contributed by atoms with Crippen molar-refractivity contribution in [3.8, 4) is 0 Å². The Kier molecular flexibility index (Phi) is 4.44. The minimum atomic E-state index is -1.07. The number of para-hydroxylation sites is 1. The third kappa shape index (κ3) is 3.07. The lowest BCUT2D eigenvalue weighted by Gasteiger charge is -2.08. The Hall–Kier alpha value is -2.54. The molecule has 2 aromatic carbocycles. The largest absolute Gasteiger partial charge is 0.293 e. The van der Waals surface area contributed by atoms with Crippen LogP contribution in [0.25, 0.3) is 10.9 Å². The summed E-state index contributed by atoms with van der Waals surface area (Å²) in [6, 6.07) is 9.94. The monoisotopic (exact) mass is 346 g/mol. The number of nitrogens with zero attached hydrogens (tertiary/aromatic N) is 2. The summed E-state index contributed by atoms with van der Waals surface area (Å²) in [5, 5.41) is 0.880. The summed E-state index contributed by atoms with van der Waals surface area (Å²) in [6.07, 6.45) is 0. The minimum absolute atomic E-state index is 0.0380. The van der Waals surface area contributed by atoms with Crippen LogP contribution in [-0.2, 0) is 7.05 Å². The standard InChI is InChI=1S/C17H12F2N2O2S/c1-21-16(23)11-4-2-3-5-14(11)20-17(21)24-9-15(22)10-6-7-12(18)13(19)8-10/h2-8H,9H2,1H3. The fraction of sp³-hybridized carbons (Fsp3) is 0.118. The van der Waals surface area contributed by atoms with Crippen molar-refractivity contribution < 1.29 is 13.6 Å². The van der Waals surface area contributed by atoms with E-state index >= 15 is 0 Å². The summed E-state index contributed by atoms with van der Waals surface area (Å²) in [5.74, 6) is -2.48. The first-order valence-electron chi connectivity index (χ1n) is 7.04. The molecule has 0 fully saturated rings. The molecule has 0 atom stereocenters. The van der Waals surface area contributed by atoms with Gasteiger partial charge in [0.05, 0.1) is 16.7 Å². The molecular formula is C17H12F2N2O2S. The Balaban J connectivity index is 1.85. The molecule has 3 aromatic rings. The molecule has 122 valence electrons. The maximum Gasteiger partial charge on any atom is 0.261 e. The number of ketones is 1. The molecule has 0 aliphatic carbocycles. The van der Waals surface area contributed by atoms with Gasteiger partial charge in [-0.3, -0.25) is 14.2 Å². The number of aromatic nitrogens is 2. The highest BCUT2D eigenvalue weighted by molar-refractivity contribution is 7.99. The van der Waals surface area contributed by atoms with Crippen molar-refractivity contribution in [3.05, 3.63) is 70.0 Å². The fourth-order valence-electron chi connectivity index (χ4n) is 2.21. The van der Waals surface area contributed by atoms with Crippen molar-refractivity contribution in [1.82, 2.24) is 9.55 Å². The molecule has 0 spiro atoms. The third-order valence-corrected chi connectivity index (χ3v) is 4.55. The van der Waals surface area contributed by atoms with Gasteiger partial charge in [-0.15, -0.1) is 0 Å². The molecule has 7 heteroatoms. The lowest BCUT2D eigenvalue weighted by molar-refractivity contribution is 0.102. The van der Waals surface area contributed by atoms with Gasteiger partial charge in [0.25, 0.3) is 5.56 Å². The summed E-state index contributed by atoms with van der Waals surface area (Å²) in [7, 11) is 1.58. The smallest absolute Gasteiger partial charge is 0.261 e. The predicted octanol–water partition coefficient (Wildman–Crippen LogP) is 3.19. The first-order valence-corrected chi connectivity index (χ1v) is 8.03. The van der Waals surface area contributed by atoms with Crippen LogP contribution in [0.2, 0.25) is 0 Å². The molecule has 3 rings (SSSR count). The molecule has 24 heavy (non-hydrogen) atoms. The van der Waals surface area contributed by atoms with Gasteiger partial charge in [-0.2, -0.15) is 0 Å². The Bertz CT molecular complexity index is 1000. The lowest BCUT2D eigenvalue weighted by atomic mass is 10.1. The maximum atomic E-state index is 13.2. The van der Waals surface area contributed by atoms with E-state index in [9.17, 15) is 18.4 Å². The third-order valence-electron chi connectivity index (χ3n) is 3.52. The zero-order valence-electron chi connectivity index (χ0n) is 12.6. The van der Waals surface area contributed by atoms with E-state index in [2.05, 4.69) is 4.98 Å². The van der Waals surface area contributed by atoms with Crippen molar-refractivity contribution in [3.63, 3.8) is 0 Å². The van der Waals surface area contributed by atoms with Crippen molar-refractivity contribution in [2.45, 2.75) is 5.16 Å². The van der Waals surface area contributed by atoms with Crippen molar-refractivity contribution in [2.75, 3.05) is 5.75 Å². The van der Waals surface area contributed by atoms with Crippen LogP contribution >= 0.6 is 11.8 Å². The molecular weight excluding hydrogens is 334 g/mol. The normalized spacial score (nSPS) is 11.0. The number of fused-ring (bicyclic) bond motifs is 1. The average Bonchev–Trinajstić information content (AvgIpc) is 2.59. The van der Waals surface area contributed by atoms with Crippen LogP contribution in [0, 0.1) is 11.6 Å². The van der Waals surface area contributed by atoms with Crippen LogP contribution in [-0.4, -0.2) is 21.1 Å². The summed E-state index contributed by atoms with van der Waals surface area (Å²) in [5.41, 5.74) is 0.416. The number of hydrogen-bond donors (Lipinski definition) is 0. The quantitative estimate of drug-likeness (QED) is 0.414. The Labute approximate surface area is 140 Å². The molecule has 0 bridgehead atoms. The van der Waals surface area contributed by atoms with Gasteiger partial charge >= 0.3 is 0 Å². The number of Topliss-reactive ketones (excluding diaryl/α,β-unsaturated/α-hetero) is 1. The van der Waals surface area contributed by atoms with Gasteiger partial charge in [-0.25, -0.2) is 13.8 Å². The van der Waals surface area contributed by atoms with Gasteiger partial charge in [-0.1, -0.05) is 23.9 Å². The zero-order valence-corrected chi connectivity index (χ0v) is 13.4. The van der Waals surface area contributed by atoms with Crippen LogP contribution in [0.5, 0.6) is 0 Å². The molecule has 1 aromatic heterocycles. The minimum Gasteiger partial charge on any atom is -0.293 e. The lowest BCUT2D eigenvalue weighted by Crippen LogP contribution is -2.20. The molecule has 1 heterocycles. The summed E-state index contributed by atoms with van der Waals surface area (Å²) >= 11 is 1.08. The molecule has 0 N–H and O–H groups in total. The van der Waals surface area contributed by atoms with Crippen LogP contribution < -0.4 is 5.56 Å². The van der Waals surface area contributed by atoms with Gasteiger partial charge in [0.1, 0.15) is 0 Å². The molecule has 0 amide bonds. The number of carbonyl (C=O) groups excluding carboxylic acids is 1. The van der Waals surface area contributed by atoms with E-state index in [1.807, 2.05) is 0 Å². The Morgan fingerprint density at radius 2 is 1.92 bits per heavy atom. The summed E-state index contributed by atoms with van der Waals surface area (Å²) in [4.78, 5) is 28.8. The molecule has 0 aliphatic heterocycles. The Morgan fingerprint density at radius 3 is 2.67 bits per heavy atom. The number of carbonyl (C=O) groups is 1. The number of benzene rings is 2. The summed E-state index contributed by atoms with van der Waals surface area (Å²) in [6.45, 7) is 0. The van der Waals surface area contributed by atoms with Gasteiger partial charge in [-0.05, 0) is 30.3 Å². The van der Waals surface area contributed by atoms with Crippen LogP contribution in [0.3, 0.4) is 0 Å². The van der Waals surface area contributed by atoms with Crippen molar-refractivity contribution in [1.29, 1.82) is 0 Å². The number of halogens is 2. The van der Waals surface area contributed by atoms with Crippen molar-refractivity contribution >= 4 is 28.4 Å². The molecule has 4 nitrogen and oxygen atoms in total. The van der Waals surface area contributed by atoms with E-state index in [0.29, 0.717) is 16.1 Å². The summed E-state index contributed by atoms with van der Waals surface area (Å²) < 4.78 is 27.5. The van der Waals surface area contributed by atoms with Gasteiger partial charge < -0.3 is 0 Å². The SMILES string of the molecule is Cn1c(SCC(=O)c2ccc(F)c(F)c2)nc2ccccc2c1=O. The average molecular weight is 346 g/mol. The van der Waals surface area contributed by atoms with E-state index in [4.69, 9.17) is 0 Å². The maximum absolute atomic E-state index is 13.2. The second-order valence-corrected chi connectivity index (χ2v) is 6.06. The zero-order chi connectivity index (χ0) is 17.3. The van der Waals surface area contributed by atoms with Gasteiger partial charge in [0.2, 0.25) is 0 Å². The van der Waals surface area contributed by atoms with Crippen molar-refractivity contribution in [2.24, 2.45) is 7.05 Å². The highest BCUT2D eigenvalue weighted by atomic mass is 32.2. The van der Waals surface area contributed by atoms with E-state index in [1.165, 1.54) is 10.6 Å². The van der Waals surface area contributed by atoms with Crippen LogP contribution in [0.15, 0.2) is 52.4 Å². The van der Waals surface area contributed by atoms with E-state index in [1.54, 1.807) is 31.3 Å². The van der Waals surface area contributed by atoms with Gasteiger partial charge in [0, 0.05) is 12.6 Å². The fourth-order valence-corrected chi connectivity index (χ4v) is 3.08. The molecule has 0 unspecified atom stereocenters. The first kappa shape index (κ1) is 16.3. The van der Waals surface area contributed by atoms with Crippen LogP contribution in [0.1, 0.15) is 10.4 Å². The molecule has 0 saturated carbocycles. The highest BCUT2D eigenvalue weighted by Crippen LogP contribution is 2.19. The molecule has 0 aliphatic rings. The topological polar surface area (TPSA) is 52.0 Å². The Morgan fingerprint density at radius 1 is 1.17 bits per heavy atom. The predicted molar refractivity (Wildman–Crippen MR) is 88.4 cm³/mol. The van der Waals surface area contributed by atoms with Gasteiger partial charge in [0.15, 0.2) is 22.6 Å². The second kappa shape index (κ2) is 6.52. The van der Waals surface area contributed by atoms with E-state index < -0.39 is 11.6 Å². The van der Waals surface area contributed by atoms with E-state index in [-0.39, 0.29) is 22.7 Å². The number of thioether (sulfide) groups is 1. The number of rotatable bonds is 4. The molecule has 0 radical (unpaired) electrons. The highest BCUT2D eigenvalue weighted by Gasteiger charge is 2.13. The first-order chi connectivity index (χ1) is 11.5. The number of hydrogen-bond acceptors (Lipinski definition) is 4. The molecule has 0 saturated heterocycles. The van der Waals surface area contributed by atoms with Crippen LogP contribution in [0.4, 0.5) is 8.78 Å². The van der Waals surface area contributed by atoms with E-state index in [0.717, 1.165) is 23.9 Å². The second-order valence-electron chi connectivity index (χ2n) is 5.12.